The van der Waals surface area contributed by atoms with E-state index in [4.69, 9.17) is 5.11 Å². The Morgan fingerprint density at radius 3 is 2.94 bits per heavy atom. The van der Waals surface area contributed by atoms with Crippen LogP contribution in [0.1, 0.15) is 11.1 Å². The van der Waals surface area contributed by atoms with Crippen molar-refractivity contribution in [2.45, 2.75) is 6.54 Å². The van der Waals surface area contributed by atoms with E-state index in [9.17, 15) is 4.79 Å². The van der Waals surface area contributed by atoms with E-state index in [1.807, 2.05) is 30.5 Å². The van der Waals surface area contributed by atoms with Gasteiger partial charge in [-0.2, -0.15) is 11.8 Å². The van der Waals surface area contributed by atoms with Crippen molar-refractivity contribution in [3.05, 3.63) is 35.4 Å². The van der Waals surface area contributed by atoms with Crippen molar-refractivity contribution in [2.75, 3.05) is 18.6 Å². The zero-order chi connectivity index (χ0) is 12.5. The summed E-state index contributed by atoms with van der Waals surface area (Å²) in [5.41, 5.74) is 1.80. The zero-order valence-corrected chi connectivity index (χ0v) is 10.5. The molecule has 0 saturated carbocycles. The quantitative estimate of drug-likeness (QED) is 0.783. The predicted molar refractivity (Wildman–Crippen MR) is 70.6 cm³/mol. The van der Waals surface area contributed by atoms with Crippen LogP contribution in [0, 0.1) is 11.8 Å². The van der Waals surface area contributed by atoms with Gasteiger partial charge in [0.15, 0.2) is 0 Å². The highest BCUT2D eigenvalue weighted by Gasteiger charge is 2.02. The van der Waals surface area contributed by atoms with Crippen molar-refractivity contribution in [2.24, 2.45) is 0 Å². The molecule has 0 unspecified atom stereocenters. The van der Waals surface area contributed by atoms with E-state index < -0.39 is 0 Å². The van der Waals surface area contributed by atoms with Crippen LogP contribution in [-0.2, 0) is 11.3 Å². The van der Waals surface area contributed by atoms with Gasteiger partial charge in [-0.1, -0.05) is 30.0 Å². The molecule has 0 aromatic heterocycles. The molecule has 1 aromatic carbocycles. The van der Waals surface area contributed by atoms with Crippen molar-refractivity contribution in [3.8, 4) is 11.8 Å². The molecule has 0 aliphatic carbocycles. The Morgan fingerprint density at radius 1 is 1.47 bits per heavy atom. The second-order valence-electron chi connectivity index (χ2n) is 3.33. The molecule has 2 N–H and O–H groups in total. The van der Waals surface area contributed by atoms with E-state index in [2.05, 4.69) is 17.2 Å². The largest absolute Gasteiger partial charge is 0.384 e. The maximum Gasteiger partial charge on any atom is 0.230 e. The standard InChI is InChI=1S/C13H15NO2S/c1-17-10-13(16)14-9-12-6-3-2-5-11(12)7-4-8-15/h2-3,5-6,15H,8-10H2,1H3,(H,14,16). The first-order chi connectivity index (χ1) is 8.27. The molecule has 1 aromatic rings. The lowest BCUT2D eigenvalue weighted by Crippen LogP contribution is -2.24. The first kappa shape index (κ1) is 13.6. The van der Waals surface area contributed by atoms with Crippen LogP contribution < -0.4 is 5.32 Å². The number of carbonyl (C=O) groups is 1. The Labute approximate surface area is 106 Å². The molecule has 3 nitrogen and oxygen atoms in total. The highest BCUT2D eigenvalue weighted by Crippen LogP contribution is 2.06. The van der Waals surface area contributed by atoms with Gasteiger partial charge in [-0.25, -0.2) is 0 Å². The molecule has 1 amide bonds. The molecule has 4 heteroatoms. The predicted octanol–water partition coefficient (Wildman–Crippen LogP) is 1.01. The highest BCUT2D eigenvalue weighted by atomic mass is 32.2. The lowest BCUT2D eigenvalue weighted by atomic mass is 10.1. The van der Waals surface area contributed by atoms with Gasteiger partial charge in [-0.15, -0.1) is 0 Å². The van der Waals surface area contributed by atoms with Crippen LogP contribution in [0.4, 0.5) is 0 Å². The van der Waals surface area contributed by atoms with E-state index in [1.54, 1.807) is 0 Å². The lowest BCUT2D eigenvalue weighted by Gasteiger charge is -2.06. The molecule has 0 saturated heterocycles. The number of amides is 1. The van der Waals surface area contributed by atoms with Crippen LogP contribution in [0.2, 0.25) is 0 Å². The number of rotatable bonds is 4. The van der Waals surface area contributed by atoms with Crippen LogP contribution in [0.25, 0.3) is 0 Å². The molecule has 17 heavy (non-hydrogen) atoms. The van der Waals surface area contributed by atoms with E-state index in [0.717, 1.165) is 11.1 Å². The van der Waals surface area contributed by atoms with Crippen LogP contribution >= 0.6 is 11.8 Å². The fraction of sp³-hybridized carbons (Fsp3) is 0.308. The minimum Gasteiger partial charge on any atom is -0.384 e. The number of benzene rings is 1. The minimum absolute atomic E-state index is 0.0161. The number of aliphatic hydroxyl groups excluding tert-OH is 1. The van der Waals surface area contributed by atoms with Crippen molar-refractivity contribution in [3.63, 3.8) is 0 Å². The van der Waals surface area contributed by atoms with E-state index >= 15 is 0 Å². The van der Waals surface area contributed by atoms with Crippen LogP contribution in [0.5, 0.6) is 0 Å². The topological polar surface area (TPSA) is 49.3 Å². The fourth-order valence-electron chi connectivity index (χ4n) is 1.31. The molecule has 0 bridgehead atoms. The molecule has 1 rings (SSSR count). The fourth-order valence-corrected chi connectivity index (χ4v) is 1.67. The molecule has 0 atom stereocenters. The molecule has 0 fully saturated rings. The van der Waals surface area contributed by atoms with Gasteiger partial charge in [-0.05, 0) is 17.9 Å². The van der Waals surface area contributed by atoms with Gasteiger partial charge in [0.1, 0.15) is 6.61 Å². The molecular weight excluding hydrogens is 234 g/mol. The summed E-state index contributed by atoms with van der Waals surface area (Å²) in [4.78, 5) is 11.3. The first-order valence-electron chi connectivity index (χ1n) is 5.21. The SMILES string of the molecule is CSCC(=O)NCc1ccccc1C#CCO. The van der Waals surface area contributed by atoms with Gasteiger partial charge in [0, 0.05) is 12.1 Å². The molecule has 0 aliphatic heterocycles. The Balaban J connectivity index is 2.67. The second-order valence-corrected chi connectivity index (χ2v) is 4.19. The van der Waals surface area contributed by atoms with E-state index in [-0.39, 0.29) is 12.5 Å². The van der Waals surface area contributed by atoms with Crippen LogP contribution in [0.3, 0.4) is 0 Å². The number of hydrogen-bond donors (Lipinski definition) is 2. The Hall–Kier alpha value is -1.44. The maximum atomic E-state index is 11.3. The van der Waals surface area contributed by atoms with Gasteiger partial charge < -0.3 is 10.4 Å². The van der Waals surface area contributed by atoms with Crippen molar-refractivity contribution < 1.29 is 9.90 Å². The third-order valence-electron chi connectivity index (χ3n) is 2.07. The zero-order valence-electron chi connectivity index (χ0n) is 9.69. The van der Waals surface area contributed by atoms with Crippen LogP contribution in [0.15, 0.2) is 24.3 Å². The molecule has 0 heterocycles. The van der Waals surface area contributed by atoms with Crippen molar-refractivity contribution in [1.82, 2.24) is 5.32 Å². The number of aliphatic hydroxyl groups is 1. The molecule has 0 aliphatic rings. The van der Waals surface area contributed by atoms with E-state index in [1.165, 1.54) is 11.8 Å². The van der Waals surface area contributed by atoms with Crippen LogP contribution in [-0.4, -0.2) is 29.6 Å². The minimum atomic E-state index is -0.160. The summed E-state index contributed by atoms with van der Waals surface area (Å²) < 4.78 is 0. The molecular formula is C13H15NO2S. The number of thioether (sulfide) groups is 1. The van der Waals surface area contributed by atoms with E-state index in [0.29, 0.717) is 12.3 Å². The molecule has 0 radical (unpaired) electrons. The maximum absolute atomic E-state index is 11.3. The number of carbonyl (C=O) groups excluding carboxylic acids is 1. The average molecular weight is 249 g/mol. The molecule has 0 spiro atoms. The summed E-state index contributed by atoms with van der Waals surface area (Å²) in [6.45, 7) is 0.308. The number of hydrogen-bond acceptors (Lipinski definition) is 3. The summed E-state index contributed by atoms with van der Waals surface area (Å²) in [7, 11) is 0. The summed E-state index contributed by atoms with van der Waals surface area (Å²) in [5, 5.41) is 11.5. The molecule has 90 valence electrons. The summed E-state index contributed by atoms with van der Waals surface area (Å²) in [6.07, 6.45) is 1.89. The van der Waals surface area contributed by atoms with Gasteiger partial charge in [0.05, 0.1) is 5.75 Å². The number of nitrogens with one attached hydrogen (secondary N) is 1. The highest BCUT2D eigenvalue weighted by molar-refractivity contribution is 7.99. The monoisotopic (exact) mass is 249 g/mol. The van der Waals surface area contributed by atoms with Crippen molar-refractivity contribution >= 4 is 17.7 Å². The summed E-state index contributed by atoms with van der Waals surface area (Å²) >= 11 is 1.49. The third-order valence-corrected chi connectivity index (χ3v) is 2.62. The van der Waals surface area contributed by atoms with Gasteiger partial charge in [-0.3, -0.25) is 4.79 Å². The van der Waals surface area contributed by atoms with Crippen molar-refractivity contribution in [1.29, 1.82) is 0 Å². The third kappa shape index (κ3) is 4.94. The Morgan fingerprint density at radius 2 is 2.24 bits per heavy atom. The average Bonchev–Trinajstić information content (AvgIpc) is 2.35. The Bertz CT molecular complexity index is 435. The first-order valence-corrected chi connectivity index (χ1v) is 6.60. The Kier molecular flexibility index (Phi) is 6.23. The lowest BCUT2D eigenvalue weighted by molar-refractivity contribution is -0.118. The normalized spacial score (nSPS) is 9.29. The summed E-state index contributed by atoms with van der Waals surface area (Å²) in [6, 6.07) is 7.58. The van der Waals surface area contributed by atoms with Gasteiger partial charge >= 0.3 is 0 Å². The smallest absolute Gasteiger partial charge is 0.230 e. The summed E-state index contributed by atoms with van der Waals surface area (Å²) in [5.74, 6) is 5.95. The second kappa shape index (κ2) is 7.77. The van der Waals surface area contributed by atoms with Gasteiger partial charge in [0.2, 0.25) is 5.91 Å². The van der Waals surface area contributed by atoms with Gasteiger partial charge in [0.25, 0.3) is 0 Å².